The first-order valence-corrected chi connectivity index (χ1v) is 11.2. The number of piperazine rings is 1. The van der Waals surface area contributed by atoms with Gasteiger partial charge in [0.15, 0.2) is 11.6 Å². The van der Waals surface area contributed by atoms with Crippen LogP contribution in [0.15, 0.2) is 35.3 Å². The van der Waals surface area contributed by atoms with E-state index < -0.39 is 39.7 Å². The van der Waals surface area contributed by atoms with Crippen molar-refractivity contribution in [2.24, 2.45) is 0 Å². The number of rotatable bonds is 5. The minimum Gasteiger partial charge on any atom is -0.477 e. The third-order valence-electron chi connectivity index (χ3n) is 6.61. The van der Waals surface area contributed by atoms with Crippen molar-refractivity contribution in [1.29, 1.82) is 0 Å². The van der Waals surface area contributed by atoms with E-state index in [1.165, 1.54) is 4.57 Å². The number of carbonyl (C=O) groups is 1. The van der Waals surface area contributed by atoms with Gasteiger partial charge in [0.2, 0.25) is 5.43 Å². The molecule has 10 heteroatoms. The first-order valence-electron chi connectivity index (χ1n) is 11.2. The van der Waals surface area contributed by atoms with Gasteiger partial charge in [0, 0.05) is 50.6 Å². The molecule has 1 saturated carbocycles. The van der Waals surface area contributed by atoms with E-state index in [1.54, 1.807) is 4.90 Å². The zero-order valence-corrected chi connectivity index (χ0v) is 18.4. The van der Waals surface area contributed by atoms with E-state index in [4.69, 9.17) is 11.5 Å². The number of carboxylic acid groups (broad SMARTS) is 1. The summed E-state index contributed by atoms with van der Waals surface area (Å²) in [6.07, 6.45) is 2.58. The lowest BCUT2D eigenvalue weighted by atomic mass is 10.1. The summed E-state index contributed by atoms with van der Waals surface area (Å²) in [7, 11) is 0. The van der Waals surface area contributed by atoms with Gasteiger partial charge < -0.3 is 26.0 Å². The van der Waals surface area contributed by atoms with E-state index in [2.05, 4.69) is 4.90 Å². The molecule has 5 rings (SSSR count). The Hall–Kier alpha value is -3.66. The summed E-state index contributed by atoms with van der Waals surface area (Å²) in [5.74, 6) is -3.36. The lowest BCUT2D eigenvalue weighted by Gasteiger charge is -2.36. The standard InChI is InChI=1S/C24H25F2N5O3/c25-18-20(28)17-21(31(15-5-6-15)12-16(23(17)32)24(33)34)19(26)22(18)30-9-7-29(8-10-30)11-13-1-3-14(27)4-2-13/h1-4,12,15H,5-11,27-28H2,(H,33,34). The molecule has 2 heterocycles. The highest BCUT2D eigenvalue weighted by molar-refractivity contribution is 5.99. The largest absolute Gasteiger partial charge is 0.477 e. The molecule has 0 amide bonds. The van der Waals surface area contributed by atoms with Crippen LogP contribution in [0.25, 0.3) is 10.9 Å². The van der Waals surface area contributed by atoms with Gasteiger partial charge in [-0.3, -0.25) is 9.69 Å². The fourth-order valence-corrected chi connectivity index (χ4v) is 4.63. The van der Waals surface area contributed by atoms with Crippen molar-refractivity contribution in [2.75, 3.05) is 42.5 Å². The van der Waals surface area contributed by atoms with Gasteiger partial charge >= 0.3 is 5.97 Å². The molecule has 0 radical (unpaired) electrons. The topological polar surface area (TPSA) is 118 Å². The Morgan fingerprint density at radius 1 is 1.03 bits per heavy atom. The Labute approximate surface area is 194 Å². The van der Waals surface area contributed by atoms with Crippen LogP contribution < -0.4 is 21.8 Å². The molecular weight excluding hydrogens is 444 g/mol. The summed E-state index contributed by atoms with van der Waals surface area (Å²) in [6, 6.07) is 7.43. The van der Waals surface area contributed by atoms with Crippen molar-refractivity contribution >= 4 is 33.9 Å². The van der Waals surface area contributed by atoms with Crippen molar-refractivity contribution in [3.63, 3.8) is 0 Å². The number of pyridine rings is 1. The van der Waals surface area contributed by atoms with Crippen LogP contribution in [-0.2, 0) is 6.54 Å². The lowest BCUT2D eigenvalue weighted by molar-refractivity contribution is 0.0695. The van der Waals surface area contributed by atoms with Gasteiger partial charge in [0.25, 0.3) is 0 Å². The second-order valence-corrected chi connectivity index (χ2v) is 8.93. The number of fused-ring (bicyclic) bond motifs is 1. The van der Waals surface area contributed by atoms with Crippen LogP contribution in [0.2, 0.25) is 0 Å². The van der Waals surface area contributed by atoms with Crippen molar-refractivity contribution in [3.05, 3.63) is 63.4 Å². The summed E-state index contributed by atoms with van der Waals surface area (Å²) >= 11 is 0. The highest BCUT2D eigenvalue weighted by Crippen LogP contribution is 2.41. The van der Waals surface area contributed by atoms with E-state index in [9.17, 15) is 14.7 Å². The molecule has 0 unspecified atom stereocenters. The van der Waals surface area contributed by atoms with Crippen LogP contribution in [0, 0.1) is 11.6 Å². The Bertz CT molecular complexity index is 1340. The zero-order chi connectivity index (χ0) is 24.1. The van der Waals surface area contributed by atoms with Gasteiger partial charge in [0.05, 0.1) is 16.6 Å². The van der Waals surface area contributed by atoms with E-state index in [-0.39, 0.29) is 17.2 Å². The molecule has 2 aliphatic rings. The van der Waals surface area contributed by atoms with Gasteiger partial charge in [-0.05, 0) is 30.5 Å². The summed E-state index contributed by atoms with van der Waals surface area (Å²) in [4.78, 5) is 28.1. The molecule has 3 aromatic rings. The third kappa shape index (κ3) is 3.73. The van der Waals surface area contributed by atoms with Gasteiger partial charge in [-0.1, -0.05) is 12.1 Å². The number of nitrogen functional groups attached to an aromatic ring is 2. The monoisotopic (exact) mass is 469 g/mol. The molecule has 34 heavy (non-hydrogen) atoms. The fraction of sp³-hybridized carbons (Fsp3) is 0.333. The Morgan fingerprint density at radius 2 is 1.68 bits per heavy atom. The first kappa shape index (κ1) is 22.1. The van der Waals surface area contributed by atoms with Crippen LogP contribution in [0.4, 0.5) is 25.8 Å². The molecule has 1 aliphatic carbocycles. The van der Waals surface area contributed by atoms with E-state index in [0.717, 1.165) is 11.8 Å². The molecule has 1 aromatic heterocycles. The average Bonchev–Trinajstić information content (AvgIpc) is 3.65. The molecule has 1 aliphatic heterocycles. The maximum atomic E-state index is 15.9. The molecule has 1 saturated heterocycles. The van der Waals surface area contributed by atoms with Gasteiger partial charge in [-0.15, -0.1) is 0 Å². The zero-order valence-electron chi connectivity index (χ0n) is 18.4. The van der Waals surface area contributed by atoms with Crippen molar-refractivity contribution in [2.45, 2.75) is 25.4 Å². The maximum Gasteiger partial charge on any atom is 0.341 e. The SMILES string of the molecule is Nc1ccc(CN2CCN(c3c(F)c(N)c4c(=O)c(C(=O)O)cn(C5CC5)c4c3F)CC2)cc1. The number of halogens is 2. The van der Waals surface area contributed by atoms with E-state index in [0.29, 0.717) is 51.3 Å². The lowest BCUT2D eigenvalue weighted by Crippen LogP contribution is -2.46. The first-order chi connectivity index (χ1) is 16.3. The smallest absolute Gasteiger partial charge is 0.341 e. The van der Waals surface area contributed by atoms with Crippen molar-refractivity contribution < 1.29 is 18.7 Å². The molecular formula is C24H25F2N5O3. The Balaban J connectivity index is 1.50. The molecule has 2 aromatic carbocycles. The molecule has 5 N–H and O–H groups in total. The minimum absolute atomic E-state index is 0.129. The number of anilines is 3. The predicted molar refractivity (Wildman–Crippen MR) is 126 cm³/mol. The quantitative estimate of drug-likeness (QED) is 0.492. The van der Waals surface area contributed by atoms with Crippen LogP contribution >= 0.6 is 0 Å². The maximum absolute atomic E-state index is 15.9. The normalized spacial score (nSPS) is 16.8. The Kier molecular flexibility index (Phi) is 5.40. The number of hydrogen-bond acceptors (Lipinski definition) is 6. The fourth-order valence-electron chi connectivity index (χ4n) is 4.63. The van der Waals surface area contributed by atoms with Crippen LogP contribution in [0.5, 0.6) is 0 Å². The molecule has 0 bridgehead atoms. The number of aromatic nitrogens is 1. The van der Waals surface area contributed by atoms with Gasteiger partial charge in [0.1, 0.15) is 11.3 Å². The molecule has 178 valence electrons. The molecule has 0 atom stereocenters. The number of hydrogen-bond donors (Lipinski definition) is 3. The predicted octanol–water partition coefficient (Wildman–Crippen LogP) is 2.80. The minimum atomic E-state index is -1.46. The summed E-state index contributed by atoms with van der Waals surface area (Å²) in [5.41, 5.74) is 11.1. The number of carboxylic acids is 1. The summed E-state index contributed by atoms with van der Waals surface area (Å²) in [6.45, 7) is 2.59. The van der Waals surface area contributed by atoms with Gasteiger partial charge in [-0.25, -0.2) is 13.6 Å². The summed E-state index contributed by atoms with van der Waals surface area (Å²) in [5, 5.41) is 9.01. The van der Waals surface area contributed by atoms with E-state index >= 15 is 8.78 Å². The van der Waals surface area contributed by atoms with Crippen LogP contribution in [0.3, 0.4) is 0 Å². The number of nitrogens with zero attached hydrogens (tertiary/aromatic N) is 3. The second kappa shape index (κ2) is 8.28. The second-order valence-electron chi connectivity index (χ2n) is 8.93. The number of benzene rings is 2. The summed E-state index contributed by atoms with van der Waals surface area (Å²) < 4.78 is 32.7. The highest BCUT2D eigenvalue weighted by atomic mass is 19.1. The molecule has 2 fully saturated rings. The number of nitrogens with two attached hydrogens (primary N) is 2. The average molecular weight is 469 g/mol. The highest BCUT2D eigenvalue weighted by Gasteiger charge is 2.33. The van der Waals surface area contributed by atoms with Crippen molar-refractivity contribution in [1.82, 2.24) is 9.47 Å². The Morgan fingerprint density at radius 3 is 2.26 bits per heavy atom. The molecule has 0 spiro atoms. The number of aromatic carboxylic acids is 1. The van der Waals surface area contributed by atoms with Crippen molar-refractivity contribution in [3.8, 4) is 0 Å². The van der Waals surface area contributed by atoms with Crippen LogP contribution in [-0.4, -0.2) is 46.7 Å². The van der Waals surface area contributed by atoms with Gasteiger partial charge in [-0.2, -0.15) is 0 Å². The van der Waals surface area contributed by atoms with Crippen LogP contribution in [0.1, 0.15) is 34.8 Å². The third-order valence-corrected chi connectivity index (χ3v) is 6.61. The molecule has 8 nitrogen and oxygen atoms in total. The van der Waals surface area contributed by atoms with E-state index in [1.807, 2.05) is 24.3 Å².